The highest BCUT2D eigenvalue weighted by atomic mass is 19.4. The van der Waals surface area contributed by atoms with Gasteiger partial charge in [-0.15, -0.1) is 0 Å². The van der Waals surface area contributed by atoms with Crippen LogP contribution in [-0.4, -0.2) is 38.9 Å². The van der Waals surface area contributed by atoms with Crippen molar-refractivity contribution in [1.29, 1.82) is 0 Å². The number of aromatic nitrogens is 2. The van der Waals surface area contributed by atoms with Crippen molar-refractivity contribution in [3.8, 4) is 0 Å². The molecule has 0 fully saturated rings. The molecule has 2 heterocycles. The third-order valence-electron chi connectivity index (χ3n) is 3.40. The molecule has 12 heteroatoms. The number of nitrogens with one attached hydrogen (secondary N) is 1. The fourth-order valence-electron chi connectivity index (χ4n) is 2.10. The molecular weight excluding hydrogens is 355 g/mol. The molecule has 1 aromatic heterocycles. The molecule has 4 N–H and O–H groups in total. The standard InChI is InChI=1S/C14H12F3N7O2/c15-14(16,17)8-1-3-9(4-2-8)23-7-21-13(24(23)26)22-11-6-19-10(5-20-11)12(18)25/h1-7,13,26H,(H2,18,25)(H,20,22). The number of halogens is 3. The quantitative estimate of drug-likeness (QED) is 0.748. The first-order chi connectivity index (χ1) is 12.3. The first-order valence-corrected chi connectivity index (χ1v) is 7.12. The Balaban J connectivity index is 1.69. The van der Waals surface area contributed by atoms with E-state index in [1.165, 1.54) is 24.7 Å². The molecule has 1 aliphatic rings. The lowest BCUT2D eigenvalue weighted by Crippen LogP contribution is -2.43. The fourth-order valence-corrected chi connectivity index (χ4v) is 2.10. The Hall–Kier alpha value is -3.25. The summed E-state index contributed by atoms with van der Waals surface area (Å²) < 4.78 is 37.8. The summed E-state index contributed by atoms with van der Waals surface area (Å²) in [5, 5.41) is 14.7. The molecule has 0 radical (unpaired) electrons. The largest absolute Gasteiger partial charge is 0.416 e. The molecule has 26 heavy (non-hydrogen) atoms. The van der Waals surface area contributed by atoms with E-state index in [0.717, 1.165) is 23.3 Å². The van der Waals surface area contributed by atoms with Gasteiger partial charge in [0.15, 0.2) is 0 Å². The topological polar surface area (TPSA) is 120 Å². The van der Waals surface area contributed by atoms with Crippen LogP contribution < -0.4 is 16.1 Å². The number of carbonyl (C=O) groups excluding carboxylic acids is 1. The SMILES string of the molecule is NC(=O)c1cnc(NC2N=CN(c3ccc(C(F)(F)F)cc3)N2O)cn1. The third-order valence-corrected chi connectivity index (χ3v) is 3.40. The number of alkyl halides is 3. The van der Waals surface area contributed by atoms with Gasteiger partial charge in [0.1, 0.15) is 17.9 Å². The molecule has 0 saturated carbocycles. The summed E-state index contributed by atoms with van der Waals surface area (Å²) in [4.78, 5) is 22.6. The van der Waals surface area contributed by atoms with Gasteiger partial charge in [-0.05, 0) is 29.4 Å². The number of rotatable bonds is 4. The van der Waals surface area contributed by atoms with E-state index >= 15 is 0 Å². The summed E-state index contributed by atoms with van der Waals surface area (Å²) >= 11 is 0. The Kier molecular flexibility index (Phi) is 4.44. The summed E-state index contributed by atoms with van der Waals surface area (Å²) in [6, 6.07) is 4.18. The minimum atomic E-state index is -4.45. The van der Waals surface area contributed by atoms with Crippen molar-refractivity contribution in [1.82, 2.24) is 15.1 Å². The van der Waals surface area contributed by atoms with Crippen LogP contribution in [0.4, 0.5) is 24.7 Å². The zero-order valence-corrected chi connectivity index (χ0v) is 12.9. The Morgan fingerprint density at radius 3 is 2.42 bits per heavy atom. The molecule has 1 aromatic carbocycles. The second-order valence-corrected chi connectivity index (χ2v) is 5.14. The molecule has 1 aliphatic heterocycles. The molecule has 1 amide bonds. The molecule has 2 aromatic rings. The smallest absolute Gasteiger partial charge is 0.364 e. The summed E-state index contributed by atoms with van der Waals surface area (Å²) in [6.45, 7) is 0. The van der Waals surface area contributed by atoms with Crippen molar-refractivity contribution >= 4 is 23.8 Å². The Morgan fingerprint density at radius 1 is 1.19 bits per heavy atom. The van der Waals surface area contributed by atoms with Crippen LogP contribution >= 0.6 is 0 Å². The van der Waals surface area contributed by atoms with E-state index in [1.807, 2.05) is 0 Å². The van der Waals surface area contributed by atoms with E-state index in [-0.39, 0.29) is 17.2 Å². The molecule has 3 rings (SSSR count). The van der Waals surface area contributed by atoms with Crippen molar-refractivity contribution < 1.29 is 23.2 Å². The zero-order chi connectivity index (χ0) is 18.9. The number of hydrogen-bond acceptors (Lipinski definition) is 8. The molecule has 9 nitrogen and oxygen atoms in total. The molecule has 0 aliphatic carbocycles. The molecule has 0 saturated heterocycles. The summed E-state index contributed by atoms with van der Waals surface area (Å²) in [7, 11) is 0. The van der Waals surface area contributed by atoms with Gasteiger partial charge < -0.3 is 11.1 Å². The number of primary amides is 1. The lowest BCUT2D eigenvalue weighted by Gasteiger charge is -2.26. The minimum absolute atomic E-state index is 0.0299. The van der Waals surface area contributed by atoms with Gasteiger partial charge in [0, 0.05) is 0 Å². The van der Waals surface area contributed by atoms with Gasteiger partial charge in [-0.3, -0.25) is 10.0 Å². The third kappa shape index (κ3) is 3.55. The van der Waals surface area contributed by atoms with Crippen LogP contribution in [0.3, 0.4) is 0 Å². The molecule has 1 unspecified atom stereocenters. The van der Waals surface area contributed by atoms with Crippen LogP contribution in [0, 0.1) is 0 Å². The van der Waals surface area contributed by atoms with Crippen LogP contribution in [0.15, 0.2) is 41.7 Å². The Bertz CT molecular complexity index is 824. The lowest BCUT2D eigenvalue weighted by molar-refractivity contribution is -0.137. The highest BCUT2D eigenvalue weighted by molar-refractivity contribution is 5.90. The molecule has 136 valence electrons. The minimum Gasteiger partial charge on any atom is -0.364 e. The van der Waals surface area contributed by atoms with Gasteiger partial charge in [-0.25, -0.2) is 20.0 Å². The van der Waals surface area contributed by atoms with Crippen LogP contribution in [-0.2, 0) is 6.18 Å². The molecular formula is C14H12F3N7O2. The second kappa shape index (κ2) is 6.57. The first-order valence-electron chi connectivity index (χ1n) is 7.12. The molecule has 0 bridgehead atoms. The van der Waals surface area contributed by atoms with Crippen molar-refractivity contribution in [3.63, 3.8) is 0 Å². The number of hydrazine groups is 1. The van der Waals surface area contributed by atoms with E-state index in [2.05, 4.69) is 20.3 Å². The number of nitrogens with two attached hydrogens (primary N) is 1. The summed E-state index contributed by atoms with van der Waals surface area (Å²) in [5.41, 5.74) is 4.49. The van der Waals surface area contributed by atoms with Gasteiger partial charge in [-0.2, -0.15) is 13.2 Å². The number of anilines is 2. The first kappa shape index (κ1) is 17.6. The predicted octanol–water partition coefficient (Wildman–Crippen LogP) is 1.44. The van der Waals surface area contributed by atoms with E-state index in [1.54, 1.807) is 0 Å². The summed E-state index contributed by atoms with van der Waals surface area (Å²) in [5.74, 6) is -0.536. The number of nitrogens with zero attached hydrogens (tertiary/aromatic N) is 5. The normalized spacial score (nSPS) is 17.5. The Morgan fingerprint density at radius 2 is 1.88 bits per heavy atom. The number of amides is 1. The number of hydrogen-bond donors (Lipinski definition) is 3. The number of benzene rings is 1. The van der Waals surface area contributed by atoms with Gasteiger partial charge in [0.2, 0.25) is 6.29 Å². The van der Waals surface area contributed by atoms with E-state index < -0.39 is 23.9 Å². The maximum atomic E-state index is 12.6. The highest BCUT2D eigenvalue weighted by Crippen LogP contribution is 2.31. The van der Waals surface area contributed by atoms with Gasteiger partial charge >= 0.3 is 6.18 Å². The van der Waals surface area contributed by atoms with Crippen LogP contribution in [0.2, 0.25) is 0 Å². The number of aliphatic imine (C=N–C) groups is 1. The van der Waals surface area contributed by atoms with Crippen molar-refractivity contribution in [3.05, 3.63) is 47.9 Å². The highest BCUT2D eigenvalue weighted by Gasteiger charge is 2.32. The number of hydroxylamine groups is 1. The van der Waals surface area contributed by atoms with Crippen LogP contribution in [0.5, 0.6) is 0 Å². The van der Waals surface area contributed by atoms with Crippen LogP contribution in [0.25, 0.3) is 0 Å². The van der Waals surface area contributed by atoms with Crippen molar-refractivity contribution in [2.24, 2.45) is 10.7 Å². The molecule has 0 spiro atoms. The van der Waals surface area contributed by atoms with Crippen molar-refractivity contribution in [2.75, 3.05) is 10.3 Å². The lowest BCUT2D eigenvalue weighted by atomic mass is 10.2. The van der Waals surface area contributed by atoms with Gasteiger partial charge in [0.05, 0.1) is 23.6 Å². The maximum absolute atomic E-state index is 12.6. The van der Waals surface area contributed by atoms with E-state index in [4.69, 9.17) is 5.73 Å². The van der Waals surface area contributed by atoms with Gasteiger partial charge in [-0.1, -0.05) is 0 Å². The average molecular weight is 367 g/mol. The Labute approximate surface area is 144 Å². The number of carbonyl (C=O) groups is 1. The average Bonchev–Trinajstić information content (AvgIpc) is 2.95. The van der Waals surface area contributed by atoms with E-state index in [9.17, 15) is 23.2 Å². The second-order valence-electron chi connectivity index (χ2n) is 5.14. The van der Waals surface area contributed by atoms with Crippen LogP contribution in [0.1, 0.15) is 16.1 Å². The monoisotopic (exact) mass is 367 g/mol. The van der Waals surface area contributed by atoms with Crippen molar-refractivity contribution in [2.45, 2.75) is 12.5 Å². The fraction of sp³-hybridized carbons (Fsp3) is 0.143. The molecule has 1 atom stereocenters. The summed E-state index contributed by atoms with van der Waals surface area (Å²) in [6.07, 6.45) is -1.84. The maximum Gasteiger partial charge on any atom is 0.416 e. The zero-order valence-electron chi connectivity index (χ0n) is 12.9. The van der Waals surface area contributed by atoms with E-state index in [0.29, 0.717) is 5.17 Å². The predicted molar refractivity (Wildman–Crippen MR) is 84.0 cm³/mol. The van der Waals surface area contributed by atoms with Gasteiger partial charge in [0.25, 0.3) is 5.91 Å².